The predicted octanol–water partition coefficient (Wildman–Crippen LogP) is 3.91. The summed E-state index contributed by atoms with van der Waals surface area (Å²) >= 11 is 0. The summed E-state index contributed by atoms with van der Waals surface area (Å²) in [5.74, 6) is -0.632. The Bertz CT molecular complexity index is 554. The van der Waals surface area contributed by atoms with Crippen LogP contribution in [-0.2, 0) is 0 Å². The molecule has 2 rings (SSSR count). The van der Waals surface area contributed by atoms with Crippen molar-refractivity contribution in [3.05, 3.63) is 48.5 Å². The molecule has 19 heavy (non-hydrogen) atoms. The summed E-state index contributed by atoms with van der Waals surface area (Å²) < 4.78 is 57.5. The maximum absolute atomic E-state index is 12.8. The van der Waals surface area contributed by atoms with Gasteiger partial charge in [-0.1, -0.05) is 0 Å². The standard InChI is InChI=1S/C12H7F4NO2/c13-11-7-10(5-6-17-11)18-8-1-3-9(4-2-8)19-12(14,15)16/h1-7H. The Labute approximate surface area is 105 Å². The van der Waals surface area contributed by atoms with Crippen LogP contribution in [0, 0.1) is 5.95 Å². The van der Waals surface area contributed by atoms with Gasteiger partial charge in [-0.3, -0.25) is 0 Å². The van der Waals surface area contributed by atoms with E-state index >= 15 is 0 Å². The second kappa shape index (κ2) is 5.13. The second-order valence-corrected chi connectivity index (χ2v) is 3.44. The Hall–Kier alpha value is -2.31. The molecule has 7 heteroatoms. The van der Waals surface area contributed by atoms with Crippen LogP contribution in [0.25, 0.3) is 0 Å². The van der Waals surface area contributed by atoms with Crippen molar-refractivity contribution < 1.29 is 27.0 Å². The SMILES string of the molecule is Fc1cc(Oc2ccc(OC(F)(F)F)cc2)ccn1. The van der Waals surface area contributed by atoms with Gasteiger partial charge in [-0.25, -0.2) is 4.98 Å². The van der Waals surface area contributed by atoms with Gasteiger partial charge in [0.15, 0.2) is 0 Å². The highest BCUT2D eigenvalue weighted by Gasteiger charge is 2.30. The lowest BCUT2D eigenvalue weighted by Crippen LogP contribution is -2.16. The fourth-order valence-corrected chi connectivity index (χ4v) is 1.29. The molecule has 0 saturated heterocycles. The van der Waals surface area contributed by atoms with Crippen molar-refractivity contribution in [1.82, 2.24) is 4.98 Å². The molecular formula is C12H7F4NO2. The molecule has 0 radical (unpaired) electrons. The zero-order valence-corrected chi connectivity index (χ0v) is 9.32. The Morgan fingerprint density at radius 1 is 0.895 bits per heavy atom. The third-order valence-corrected chi connectivity index (χ3v) is 1.99. The van der Waals surface area contributed by atoms with Crippen molar-refractivity contribution in [2.24, 2.45) is 0 Å². The number of nitrogens with zero attached hydrogens (tertiary/aromatic N) is 1. The van der Waals surface area contributed by atoms with E-state index in [4.69, 9.17) is 4.74 Å². The minimum absolute atomic E-state index is 0.192. The first-order chi connectivity index (χ1) is 8.92. The molecule has 0 fully saturated rings. The number of benzene rings is 1. The number of pyridine rings is 1. The second-order valence-electron chi connectivity index (χ2n) is 3.44. The Kier molecular flexibility index (Phi) is 3.55. The highest BCUT2D eigenvalue weighted by Crippen LogP contribution is 2.27. The van der Waals surface area contributed by atoms with Crippen molar-refractivity contribution in [2.75, 3.05) is 0 Å². The van der Waals surface area contributed by atoms with Crippen LogP contribution in [0.4, 0.5) is 17.6 Å². The van der Waals surface area contributed by atoms with Crippen molar-refractivity contribution in [2.45, 2.75) is 6.36 Å². The van der Waals surface area contributed by atoms with Gasteiger partial charge in [0.25, 0.3) is 0 Å². The van der Waals surface area contributed by atoms with E-state index < -0.39 is 12.3 Å². The van der Waals surface area contributed by atoms with Crippen LogP contribution in [0.5, 0.6) is 17.2 Å². The summed E-state index contributed by atoms with van der Waals surface area (Å²) in [6.45, 7) is 0. The zero-order valence-electron chi connectivity index (χ0n) is 9.32. The van der Waals surface area contributed by atoms with Gasteiger partial charge in [-0.05, 0) is 30.3 Å². The van der Waals surface area contributed by atoms with Gasteiger partial charge in [-0.2, -0.15) is 4.39 Å². The first-order valence-electron chi connectivity index (χ1n) is 5.07. The molecule has 0 saturated carbocycles. The highest BCUT2D eigenvalue weighted by atomic mass is 19.4. The van der Waals surface area contributed by atoms with E-state index in [0.717, 1.165) is 18.2 Å². The summed E-state index contributed by atoms with van der Waals surface area (Å²) in [4.78, 5) is 3.34. The molecule has 1 aromatic carbocycles. The number of aromatic nitrogens is 1. The van der Waals surface area contributed by atoms with E-state index in [9.17, 15) is 17.6 Å². The summed E-state index contributed by atoms with van der Waals surface area (Å²) in [5.41, 5.74) is 0. The van der Waals surface area contributed by atoms with Gasteiger partial charge < -0.3 is 9.47 Å². The minimum Gasteiger partial charge on any atom is -0.457 e. The van der Waals surface area contributed by atoms with Gasteiger partial charge in [-0.15, -0.1) is 13.2 Å². The number of ether oxygens (including phenoxy) is 2. The van der Waals surface area contributed by atoms with Crippen LogP contribution < -0.4 is 9.47 Å². The van der Waals surface area contributed by atoms with Crippen LogP contribution in [0.3, 0.4) is 0 Å². The monoisotopic (exact) mass is 273 g/mol. The molecule has 0 aliphatic carbocycles. The molecule has 0 spiro atoms. The van der Waals surface area contributed by atoms with E-state index in [2.05, 4.69) is 9.72 Å². The van der Waals surface area contributed by atoms with Gasteiger partial charge in [0, 0.05) is 12.3 Å². The molecule has 0 aliphatic rings. The molecule has 100 valence electrons. The van der Waals surface area contributed by atoms with E-state index in [1.807, 2.05) is 0 Å². The predicted molar refractivity (Wildman–Crippen MR) is 57.4 cm³/mol. The van der Waals surface area contributed by atoms with Crippen LogP contribution in [0.15, 0.2) is 42.6 Å². The topological polar surface area (TPSA) is 31.4 Å². The van der Waals surface area contributed by atoms with Crippen molar-refractivity contribution in [3.63, 3.8) is 0 Å². The lowest BCUT2D eigenvalue weighted by molar-refractivity contribution is -0.274. The van der Waals surface area contributed by atoms with Gasteiger partial charge in [0.2, 0.25) is 5.95 Å². The zero-order chi connectivity index (χ0) is 13.9. The summed E-state index contributed by atoms with van der Waals surface area (Å²) in [5, 5.41) is 0. The minimum atomic E-state index is -4.74. The highest BCUT2D eigenvalue weighted by molar-refractivity contribution is 5.34. The molecule has 2 aromatic rings. The van der Waals surface area contributed by atoms with Crippen molar-refractivity contribution in [3.8, 4) is 17.2 Å². The van der Waals surface area contributed by atoms with E-state index in [-0.39, 0.29) is 17.2 Å². The molecule has 3 nitrogen and oxygen atoms in total. The van der Waals surface area contributed by atoms with Crippen molar-refractivity contribution >= 4 is 0 Å². The summed E-state index contributed by atoms with van der Waals surface area (Å²) in [7, 11) is 0. The molecular weight excluding hydrogens is 266 g/mol. The molecule has 0 N–H and O–H groups in total. The summed E-state index contributed by atoms with van der Waals surface area (Å²) in [6.07, 6.45) is -3.53. The normalized spacial score (nSPS) is 11.2. The lowest BCUT2D eigenvalue weighted by atomic mass is 10.3. The molecule has 1 aromatic heterocycles. The number of halogens is 4. The number of rotatable bonds is 3. The van der Waals surface area contributed by atoms with Gasteiger partial charge in [0.1, 0.15) is 17.2 Å². The molecule has 0 aliphatic heterocycles. The molecule has 0 bridgehead atoms. The maximum Gasteiger partial charge on any atom is 0.573 e. The number of alkyl halides is 3. The van der Waals surface area contributed by atoms with Crippen LogP contribution in [0.1, 0.15) is 0 Å². The molecule has 1 heterocycles. The molecule has 0 atom stereocenters. The van der Waals surface area contributed by atoms with Crippen LogP contribution in [0.2, 0.25) is 0 Å². The fraction of sp³-hybridized carbons (Fsp3) is 0.0833. The van der Waals surface area contributed by atoms with E-state index in [1.54, 1.807) is 0 Å². The first kappa shape index (κ1) is 13.1. The van der Waals surface area contributed by atoms with E-state index in [1.165, 1.54) is 24.4 Å². The third kappa shape index (κ3) is 4.13. The quantitative estimate of drug-likeness (QED) is 0.627. The molecule has 0 unspecified atom stereocenters. The average molecular weight is 273 g/mol. The average Bonchev–Trinajstić information content (AvgIpc) is 2.30. The number of hydrogen-bond donors (Lipinski definition) is 0. The van der Waals surface area contributed by atoms with Gasteiger partial charge >= 0.3 is 6.36 Å². The lowest BCUT2D eigenvalue weighted by Gasteiger charge is -2.09. The number of hydrogen-bond acceptors (Lipinski definition) is 3. The van der Waals surface area contributed by atoms with Crippen molar-refractivity contribution in [1.29, 1.82) is 0 Å². The Morgan fingerprint density at radius 3 is 2.11 bits per heavy atom. The van der Waals surface area contributed by atoms with Crippen LogP contribution in [-0.4, -0.2) is 11.3 Å². The molecule has 0 amide bonds. The largest absolute Gasteiger partial charge is 0.573 e. The first-order valence-corrected chi connectivity index (χ1v) is 5.07. The van der Waals surface area contributed by atoms with Crippen LogP contribution >= 0.6 is 0 Å². The third-order valence-electron chi connectivity index (χ3n) is 1.99. The fourth-order valence-electron chi connectivity index (χ4n) is 1.29. The Balaban J connectivity index is 2.07. The van der Waals surface area contributed by atoms with E-state index in [0.29, 0.717) is 0 Å². The summed E-state index contributed by atoms with van der Waals surface area (Å²) in [6, 6.07) is 7.23. The smallest absolute Gasteiger partial charge is 0.457 e. The Morgan fingerprint density at radius 2 is 1.53 bits per heavy atom. The maximum atomic E-state index is 12.8. The van der Waals surface area contributed by atoms with Gasteiger partial charge in [0.05, 0.1) is 0 Å².